The van der Waals surface area contributed by atoms with E-state index < -0.39 is 0 Å². The standard InChI is InChI=1S/C27H20/c1-19-15-17-21(18-16-19)26(20-9-3-2-4-10-20)27-24-13-7-5-11-22(24)23-12-6-8-14-25(23)27/h2-18H,1H3. The van der Waals surface area contributed by atoms with Gasteiger partial charge in [-0.15, -0.1) is 0 Å². The molecule has 4 aromatic rings. The molecule has 5 rings (SSSR count). The maximum atomic E-state index is 2.25. The van der Waals surface area contributed by atoms with Gasteiger partial charge in [-0.3, -0.25) is 0 Å². The number of rotatable bonds is 2. The summed E-state index contributed by atoms with van der Waals surface area (Å²) in [5.41, 5.74) is 11.7. The molecule has 0 bridgehead atoms. The molecule has 1 aliphatic rings. The van der Waals surface area contributed by atoms with E-state index in [0.717, 1.165) is 0 Å². The Balaban J connectivity index is 1.91. The molecule has 1 aliphatic carbocycles. The monoisotopic (exact) mass is 344 g/mol. The molecule has 0 heteroatoms. The summed E-state index contributed by atoms with van der Waals surface area (Å²) >= 11 is 0. The minimum Gasteiger partial charge on any atom is -0.0622 e. The summed E-state index contributed by atoms with van der Waals surface area (Å²) in [4.78, 5) is 0. The molecule has 0 saturated carbocycles. The van der Waals surface area contributed by atoms with Gasteiger partial charge in [0, 0.05) is 0 Å². The summed E-state index contributed by atoms with van der Waals surface area (Å²) in [5, 5.41) is 0. The summed E-state index contributed by atoms with van der Waals surface area (Å²) in [6, 6.07) is 37.2. The third-order valence-corrected chi connectivity index (χ3v) is 5.34. The minimum atomic E-state index is 1.25. The Hall–Kier alpha value is -3.38. The number of fused-ring (bicyclic) bond motifs is 3. The van der Waals surface area contributed by atoms with Gasteiger partial charge >= 0.3 is 0 Å². The van der Waals surface area contributed by atoms with E-state index in [1.165, 1.54) is 50.1 Å². The second kappa shape index (κ2) is 6.41. The molecule has 0 radical (unpaired) electrons. The Kier molecular flexibility index (Phi) is 3.76. The van der Waals surface area contributed by atoms with Gasteiger partial charge in [0.15, 0.2) is 0 Å². The van der Waals surface area contributed by atoms with Crippen molar-refractivity contribution < 1.29 is 0 Å². The molecule has 128 valence electrons. The number of hydrogen-bond acceptors (Lipinski definition) is 0. The van der Waals surface area contributed by atoms with Crippen molar-refractivity contribution in [2.45, 2.75) is 6.92 Å². The van der Waals surface area contributed by atoms with E-state index in [9.17, 15) is 0 Å². The summed E-state index contributed by atoms with van der Waals surface area (Å²) < 4.78 is 0. The predicted molar refractivity (Wildman–Crippen MR) is 115 cm³/mol. The highest BCUT2D eigenvalue weighted by Gasteiger charge is 2.26. The fraction of sp³-hybridized carbons (Fsp3) is 0.0370. The van der Waals surface area contributed by atoms with E-state index in [0.29, 0.717) is 0 Å². The van der Waals surface area contributed by atoms with E-state index in [1.54, 1.807) is 0 Å². The molecule has 0 nitrogen and oxygen atoms in total. The van der Waals surface area contributed by atoms with Gasteiger partial charge in [-0.25, -0.2) is 0 Å². The lowest BCUT2D eigenvalue weighted by molar-refractivity contribution is 1.44. The lowest BCUT2D eigenvalue weighted by Gasteiger charge is -2.15. The van der Waals surface area contributed by atoms with Crippen molar-refractivity contribution in [3.8, 4) is 11.1 Å². The van der Waals surface area contributed by atoms with Gasteiger partial charge < -0.3 is 0 Å². The first-order valence-electron chi connectivity index (χ1n) is 9.39. The van der Waals surface area contributed by atoms with Gasteiger partial charge in [0.1, 0.15) is 0 Å². The van der Waals surface area contributed by atoms with Gasteiger partial charge in [-0.05, 0) is 51.5 Å². The molecule has 0 fully saturated rings. The second-order valence-electron chi connectivity index (χ2n) is 7.07. The summed E-state index contributed by atoms with van der Waals surface area (Å²) in [7, 11) is 0. The minimum absolute atomic E-state index is 1.25. The molecule has 0 aliphatic heterocycles. The van der Waals surface area contributed by atoms with E-state index in [2.05, 4.69) is 110 Å². The molecule has 0 heterocycles. The molecule has 0 amide bonds. The molecule has 4 aromatic carbocycles. The zero-order chi connectivity index (χ0) is 18.2. The molecule has 0 atom stereocenters. The molecule has 0 aromatic heterocycles. The average molecular weight is 344 g/mol. The van der Waals surface area contributed by atoms with Crippen molar-refractivity contribution in [3.05, 3.63) is 131 Å². The molecular formula is C27H20. The highest BCUT2D eigenvalue weighted by molar-refractivity contribution is 6.13. The first kappa shape index (κ1) is 15.8. The van der Waals surface area contributed by atoms with Crippen molar-refractivity contribution in [2.75, 3.05) is 0 Å². The van der Waals surface area contributed by atoms with Crippen molar-refractivity contribution >= 4 is 11.1 Å². The van der Waals surface area contributed by atoms with E-state index in [1.807, 2.05) is 0 Å². The highest BCUT2D eigenvalue weighted by Crippen LogP contribution is 2.48. The molecule has 0 N–H and O–H groups in total. The average Bonchev–Trinajstić information content (AvgIpc) is 3.05. The summed E-state index contributed by atoms with van der Waals surface area (Å²) in [5.74, 6) is 0. The fourth-order valence-corrected chi connectivity index (χ4v) is 4.07. The largest absolute Gasteiger partial charge is 0.0622 e. The first-order chi connectivity index (χ1) is 13.3. The topological polar surface area (TPSA) is 0 Å². The van der Waals surface area contributed by atoms with E-state index >= 15 is 0 Å². The van der Waals surface area contributed by atoms with Crippen LogP contribution in [0.25, 0.3) is 22.3 Å². The van der Waals surface area contributed by atoms with Gasteiger partial charge in [0.25, 0.3) is 0 Å². The Morgan fingerprint density at radius 2 is 0.889 bits per heavy atom. The smallest absolute Gasteiger partial charge is 0.00143 e. The van der Waals surface area contributed by atoms with Crippen LogP contribution in [-0.2, 0) is 0 Å². The Labute approximate surface area is 160 Å². The van der Waals surface area contributed by atoms with E-state index in [4.69, 9.17) is 0 Å². The van der Waals surface area contributed by atoms with Gasteiger partial charge in [-0.2, -0.15) is 0 Å². The van der Waals surface area contributed by atoms with Crippen LogP contribution in [0, 0.1) is 6.92 Å². The Morgan fingerprint density at radius 1 is 0.444 bits per heavy atom. The highest BCUT2D eigenvalue weighted by atomic mass is 14.3. The van der Waals surface area contributed by atoms with Crippen LogP contribution in [-0.4, -0.2) is 0 Å². The van der Waals surface area contributed by atoms with Crippen LogP contribution in [0.5, 0.6) is 0 Å². The predicted octanol–water partition coefficient (Wildman–Crippen LogP) is 6.98. The molecule has 0 unspecified atom stereocenters. The number of aryl methyl sites for hydroxylation is 1. The van der Waals surface area contributed by atoms with Gasteiger partial charge in [-0.1, -0.05) is 109 Å². The normalized spacial score (nSPS) is 11.8. The van der Waals surface area contributed by atoms with Crippen molar-refractivity contribution in [3.63, 3.8) is 0 Å². The first-order valence-corrected chi connectivity index (χ1v) is 9.39. The second-order valence-corrected chi connectivity index (χ2v) is 7.07. The molecular weight excluding hydrogens is 324 g/mol. The van der Waals surface area contributed by atoms with Crippen LogP contribution >= 0.6 is 0 Å². The fourth-order valence-electron chi connectivity index (χ4n) is 4.07. The lowest BCUT2D eigenvalue weighted by atomic mass is 9.88. The van der Waals surface area contributed by atoms with Crippen LogP contribution in [0.15, 0.2) is 103 Å². The van der Waals surface area contributed by atoms with Crippen LogP contribution in [0.3, 0.4) is 0 Å². The molecule has 27 heavy (non-hydrogen) atoms. The number of benzene rings is 4. The molecule has 0 saturated heterocycles. The van der Waals surface area contributed by atoms with Crippen molar-refractivity contribution in [1.82, 2.24) is 0 Å². The summed E-state index contributed by atoms with van der Waals surface area (Å²) in [6.07, 6.45) is 0. The Bertz CT molecular complexity index is 1100. The van der Waals surface area contributed by atoms with Crippen LogP contribution in [0.1, 0.15) is 27.8 Å². The molecule has 0 spiro atoms. The van der Waals surface area contributed by atoms with Crippen LogP contribution in [0.2, 0.25) is 0 Å². The van der Waals surface area contributed by atoms with Gasteiger partial charge in [0.2, 0.25) is 0 Å². The zero-order valence-corrected chi connectivity index (χ0v) is 15.3. The zero-order valence-electron chi connectivity index (χ0n) is 15.3. The maximum absolute atomic E-state index is 2.25. The van der Waals surface area contributed by atoms with Crippen LogP contribution < -0.4 is 0 Å². The van der Waals surface area contributed by atoms with Crippen LogP contribution in [0.4, 0.5) is 0 Å². The lowest BCUT2D eigenvalue weighted by Crippen LogP contribution is -1.94. The Morgan fingerprint density at radius 3 is 1.44 bits per heavy atom. The quantitative estimate of drug-likeness (QED) is 0.324. The SMILES string of the molecule is Cc1ccc(C(=C2c3ccccc3-c3ccccc32)c2ccccc2)cc1. The van der Waals surface area contributed by atoms with Crippen molar-refractivity contribution in [2.24, 2.45) is 0 Å². The summed E-state index contributed by atoms with van der Waals surface area (Å²) in [6.45, 7) is 2.14. The third-order valence-electron chi connectivity index (χ3n) is 5.34. The third kappa shape index (κ3) is 2.62. The number of hydrogen-bond donors (Lipinski definition) is 0. The maximum Gasteiger partial charge on any atom is -0.00143 e. The van der Waals surface area contributed by atoms with Gasteiger partial charge in [0.05, 0.1) is 0 Å². The van der Waals surface area contributed by atoms with Crippen molar-refractivity contribution in [1.29, 1.82) is 0 Å². The van der Waals surface area contributed by atoms with E-state index in [-0.39, 0.29) is 0 Å².